The molecule has 4 nitrogen and oxygen atoms in total. The molecule has 0 unspecified atom stereocenters. The number of carbonyl (C=O) groups excluding carboxylic acids is 1. The molecule has 1 aliphatic carbocycles. The number of ketones is 1. The highest BCUT2D eigenvalue weighted by Gasteiger charge is 2.30. The summed E-state index contributed by atoms with van der Waals surface area (Å²) in [4.78, 5) is 15.6. The fourth-order valence-corrected chi connectivity index (χ4v) is 2.39. The van der Waals surface area contributed by atoms with E-state index in [2.05, 4.69) is 4.98 Å². The summed E-state index contributed by atoms with van der Waals surface area (Å²) in [6.07, 6.45) is 4.14. The van der Waals surface area contributed by atoms with Gasteiger partial charge in [0.1, 0.15) is 11.9 Å². The fourth-order valence-electron chi connectivity index (χ4n) is 2.18. The van der Waals surface area contributed by atoms with Crippen LogP contribution < -0.4 is 9.47 Å². The number of alkyl halides is 1. The zero-order chi connectivity index (χ0) is 13.0. The Hall–Kier alpha value is -1.29. The van der Waals surface area contributed by atoms with Crippen LogP contribution in [0.4, 0.5) is 0 Å². The van der Waals surface area contributed by atoms with Gasteiger partial charge in [-0.1, -0.05) is 0 Å². The molecule has 0 amide bonds. The number of halogens is 1. The summed E-state index contributed by atoms with van der Waals surface area (Å²) in [5.41, 5.74) is 0. The van der Waals surface area contributed by atoms with Crippen LogP contribution in [0, 0.1) is 5.92 Å². The molecule has 0 saturated heterocycles. The minimum Gasteiger partial charge on any atom is -0.495 e. The minimum absolute atomic E-state index is 0.0470. The molecular formula is C13H16ClNO3. The van der Waals surface area contributed by atoms with Crippen LogP contribution in [0.5, 0.6) is 11.6 Å². The van der Waals surface area contributed by atoms with E-state index in [4.69, 9.17) is 21.1 Å². The first-order valence-electron chi connectivity index (χ1n) is 5.98. The Morgan fingerprint density at radius 3 is 2.94 bits per heavy atom. The van der Waals surface area contributed by atoms with Crippen molar-refractivity contribution in [3.05, 3.63) is 18.3 Å². The number of pyridine rings is 1. The van der Waals surface area contributed by atoms with Crippen molar-refractivity contribution < 1.29 is 14.3 Å². The van der Waals surface area contributed by atoms with Crippen molar-refractivity contribution in [2.45, 2.75) is 25.4 Å². The average Bonchev–Trinajstić information content (AvgIpc) is 2.87. The molecule has 1 aliphatic rings. The van der Waals surface area contributed by atoms with Crippen LogP contribution in [0.1, 0.15) is 19.3 Å². The van der Waals surface area contributed by atoms with Gasteiger partial charge in [0.2, 0.25) is 5.88 Å². The van der Waals surface area contributed by atoms with Gasteiger partial charge in [-0.25, -0.2) is 4.98 Å². The SMILES string of the molecule is COc1ccc(O[C@@H]2CC[C@H](C(=O)CCl)C2)nc1. The Labute approximate surface area is 111 Å². The number of ether oxygens (including phenoxy) is 2. The third kappa shape index (κ3) is 3.13. The summed E-state index contributed by atoms with van der Waals surface area (Å²) in [7, 11) is 1.59. The molecular weight excluding hydrogens is 254 g/mol. The molecule has 0 aliphatic heterocycles. The molecule has 1 fully saturated rings. The number of hydrogen-bond donors (Lipinski definition) is 0. The Morgan fingerprint density at radius 2 is 2.33 bits per heavy atom. The number of carbonyl (C=O) groups is 1. The maximum absolute atomic E-state index is 11.5. The molecule has 1 aromatic heterocycles. The molecule has 2 rings (SSSR count). The van der Waals surface area contributed by atoms with Gasteiger partial charge < -0.3 is 9.47 Å². The van der Waals surface area contributed by atoms with Gasteiger partial charge in [-0.3, -0.25) is 4.79 Å². The number of Topliss-reactive ketones (excluding diaryl/α,β-unsaturated/α-hetero) is 1. The first-order valence-corrected chi connectivity index (χ1v) is 6.51. The van der Waals surface area contributed by atoms with Crippen LogP contribution in [0.25, 0.3) is 0 Å². The number of nitrogens with zero attached hydrogens (tertiary/aromatic N) is 1. The lowest BCUT2D eigenvalue weighted by molar-refractivity contribution is -0.120. The Kier molecular flexibility index (Phi) is 4.42. The van der Waals surface area contributed by atoms with Crippen molar-refractivity contribution in [1.29, 1.82) is 0 Å². The van der Waals surface area contributed by atoms with Gasteiger partial charge in [0.25, 0.3) is 0 Å². The lowest BCUT2D eigenvalue weighted by atomic mass is 10.0. The molecule has 1 saturated carbocycles. The zero-order valence-corrected chi connectivity index (χ0v) is 11.0. The maximum Gasteiger partial charge on any atom is 0.213 e. The van der Waals surface area contributed by atoms with Gasteiger partial charge >= 0.3 is 0 Å². The number of aromatic nitrogens is 1. The number of rotatable bonds is 5. The Morgan fingerprint density at radius 1 is 1.50 bits per heavy atom. The summed E-state index contributed by atoms with van der Waals surface area (Å²) < 4.78 is 10.8. The van der Waals surface area contributed by atoms with Gasteiger partial charge in [-0.05, 0) is 25.3 Å². The molecule has 1 aromatic rings. The van der Waals surface area contributed by atoms with Gasteiger partial charge in [0.15, 0.2) is 5.78 Å². The van der Waals surface area contributed by atoms with E-state index in [1.165, 1.54) is 0 Å². The first-order chi connectivity index (χ1) is 8.72. The molecule has 98 valence electrons. The molecule has 5 heteroatoms. The van der Waals surface area contributed by atoms with Crippen molar-refractivity contribution in [1.82, 2.24) is 4.98 Å². The van der Waals surface area contributed by atoms with Crippen molar-refractivity contribution in [3.63, 3.8) is 0 Å². The van der Waals surface area contributed by atoms with E-state index in [-0.39, 0.29) is 23.7 Å². The number of hydrogen-bond acceptors (Lipinski definition) is 4. The van der Waals surface area contributed by atoms with Crippen LogP contribution in [0.15, 0.2) is 18.3 Å². The van der Waals surface area contributed by atoms with Crippen molar-refractivity contribution in [2.24, 2.45) is 5.92 Å². The van der Waals surface area contributed by atoms with E-state index in [0.717, 1.165) is 19.3 Å². The summed E-state index contributed by atoms with van der Waals surface area (Å²) in [5.74, 6) is 1.53. The van der Waals surface area contributed by atoms with Crippen molar-refractivity contribution >= 4 is 17.4 Å². The van der Waals surface area contributed by atoms with E-state index < -0.39 is 0 Å². The summed E-state index contributed by atoms with van der Waals surface area (Å²) in [6.45, 7) is 0. The highest BCUT2D eigenvalue weighted by atomic mass is 35.5. The molecule has 0 bridgehead atoms. The van der Waals surface area contributed by atoms with Crippen LogP contribution >= 0.6 is 11.6 Å². The number of methoxy groups -OCH3 is 1. The molecule has 0 N–H and O–H groups in total. The average molecular weight is 270 g/mol. The first kappa shape index (κ1) is 13.1. The summed E-state index contributed by atoms with van der Waals surface area (Å²) >= 11 is 5.56. The van der Waals surface area contributed by atoms with Gasteiger partial charge in [-0.2, -0.15) is 0 Å². The van der Waals surface area contributed by atoms with Gasteiger partial charge in [0.05, 0.1) is 19.2 Å². The molecule has 0 radical (unpaired) electrons. The standard InChI is InChI=1S/C13H16ClNO3/c1-17-11-4-5-13(15-8-11)18-10-3-2-9(6-10)12(16)7-14/h4-5,8-10H,2-3,6-7H2,1H3/t9-,10+/m0/s1. The quantitative estimate of drug-likeness (QED) is 0.771. The molecule has 0 aromatic carbocycles. The second-order valence-electron chi connectivity index (χ2n) is 4.39. The topological polar surface area (TPSA) is 48.4 Å². The third-order valence-corrected chi connectivity index (χ3v) is 3.47. The zero-order valence-electron chi connectivity index (χ0n) is 10.3. The highest BCUT2D eigenvalue weighted by molar-refractivity contribution is 6.27. The van der Waals surface area contributed by atoms with Crippen LogP contribution in [0.2, 0.25) is 0 Å². The van der Waals surface area contributed by atoms with Gasteiger partial charge in [-0.15, -0.1) is 11.6 Å². The minimum atomic E-state index is 0.0470. The normalized spacial score (nSPS) is 22.8. The smallest absolute Gasteiger partial charge is 0.213 e. The lowest BCUT2D eigenvalue weighted by Crippen LogP contribution is -2.17. The third-order valence-electron chi connectivity index (χ3n) is 3.20. The highest BCUT2D eigenvalue weighted by Crippen LogP contribution is 2.29. The fraction of sp³-hybridized carbons (Fsp3) is 0.538. The van der Waals surface area contributed by atoms with E-state index in [1.807, 2.05) is 0 Å². The second kappa shape index (κ2) is 6.05. The molecule has 18 heavy (non-hydrogen) atoms. The van der Waals surface area contributed by atoms with E-state index in [9.17, 15) is 4.79 Å². The maximum atomic E-state index is 11.5. The van der Waals surface area contributed by atoms with Crippen LogP contribution in [-0.4, -0.2) is 29.9 Å². The van der Waals surface area contributed by atoms with Crippen LogP contribution in [-0.2, 0) is 4.79 Å². The predicted molar refractivity (Wildman–Crippen MR) is 68.3 cm³/mol. The Balaban J connectivity index is 1.89. The molecule has 0 spiro atoms. The predicted octanol–water partition coefficient (Wildman–Crippen LogP) is 2.45. The molecule has 1 heterocycles. The lowest BCUT2D eigenvalue weighted by Gasteiger charge is -2.12. The van der Waals surface area contributed by atoms with Crippen molar-refractivity contribution in [2.75, 3.05) is 13.0 Å². The van der Waals surface area contributed by atoms with E-state index in [0.29, 0.717) is 11.6 Å². The van der Waals surface area contributed by atoms with E-state index in [1.54, 1.807) is 25.4 Å². The van der Waals surface area contributed by atoms with Gasteiger partial charge in [0, 0.05) is 12.0 Å². The summed E-state index contributed by atoms with van der Waals surface area (Å²) in [5, 5.41) is 0. The van der Waals surface area contributed by atoms with Crippen LogP contribution in [0.3, 0.4) is 0 Å². The summed E-state index contributed by atoms with van der Waals surface area (Å²) in [6, 6.07) is 3.58. The second-order valence-corrected chi connectivity index (χ2v) is 4.65. The molecule has 2 atom stereocenters. The van der Waals surface area contributed by atoms with E-state index >= 15 is 0 Å². The monoisotopic (exact) mass is 269 g/mol. The largest absolute Gasteiger partial charge is 0.495 e. The van der Waals surface area contributed by atoms with Crippen molar-refractivity contribution in [3.8, 4) is 11.6 Å². The Bertz CT molecular complexity index is 407.